The summed E-state index contributed by atoms with van der Waals surface area (Å²) in [6.07, 6.45) is 0. The van der Waals surface area contributed by atoms with Crippen LogP contribution in [0, 0.1) is 0 Å². The number of pyridine rings is 1. The van der Waals surface area contributed by atoms with Gasteiger partial charge >= 0.3 is 0 Å². The summed E-state index contributed by atoms with van der Waals surface area (Å²) in [5.74, 6) is 0. The van der Waals surface area contributed by atoms with Crippen LogP contribution in [0.3, 0.4) is 0 Å². The van der Waals surface area contributed by atoms with Crippen LogP contribution in [0.5, 0.6) is 0 Å². The number of para-hydroxylation sites is 1. The molecule has 116 valence electrons. The molecule has 5 heteroatoms. The molecule has 0 atom stereocenters. The molecular weight excluding hydrogens is 382 g/mol. The molecular formula is C19H12BrN3S. The Kier molecular flexibility index (Phi) is 3.75. The Balaban J connectivity index is 2.19. The summed E-state index contributed by atoms with van der Waals surface area (Å²) in [5, 5.41) is 2.95. The molecule has 3 nitrogen and oxygen atoms in total. The maximum atomic E-state index is 6.37. The summed E-state index contributed by atoms with van der Waals surface area (Å²) in [7, 11) is 0. The van der Waals surface area contributed by atoms with E-state index in [1.807, 2.05) is 60.7 Å². The molecule has 0 saturated carbocycles. The number of hydrogen-bond acceptors (Lipinski definition) is 4. The lowest BCUT2D eigenvalue weighted by molar-refractivity contribution is 1.42. The number of nitrogens with two attached hydrogens (primary N) is 1. The summed E-state index contributed by atoms with van der Waals surface area (Å²) in [5.41, 5.74) is 10.4. The average Bonchev–Trinajstić information content (AvgIpc) is 2.62. The molecule has 0 aliphatic heterocycles. The molecule has 0 aliphatic rings. The number of fused-ring (bicyclic) bond motifs is 3. The van der Waals surface area contributed by atoms with Crippen LogP contribution in [0.25, 0.3) is 32.9 Å². The van der Waals surface area contributed by atoms with Gasteiger partial charge < -0.3 is 5.73 Å². The van der Waals surface area contributed by atoms with Crippen molar-refractivity contribution in [1.82, 2.24) is 4.98 Å². The lowest BCUT2D eigenvalue weighted by Crippen LogP contribution is -1.94. The van der Waals surface area contributed by atoms with Crippen molar-refractivity contribution in [3.8, 4) is 11.3 Å². The van der Waals surface area contributed by atoms with Gasteiger partial charge in [-0.15, -0.1) is 0 Å². The third-order valence-electron chi connectivity index (χ3n) is 4.10. The van der Waals surface area contributed by atoms with E-state index in [4.69, 9.17) is 23.1 Å². The van der Waals surface area contributed by atoms with E-state index in [0.717, 1.165) is 37.4 Å². The van der Waals surface area contributed by atoms with E-state index in [-0.39, 0.29) is 0 Å². The van der Waals surface area contributed by atoms with E-state index in [9.17, 15) is 0 Å². The predicted molar refractivity (Wildman–Crippen MR) is 106 cm³/mol. The number of nitrogen functional groups attached to an aromatic ring is 1. The van der Waals surface area contributed by atoms with Crippen molar-refractivity contribution in [2.45, 2.75) is 0 Å². The number of nitrogens with zero attached hydrogens (tertiary/aromatic N) is 2. The topological polar surface area (TPSA) is 51.3 Å². The normalized spacial score (nSPS) is 11.0. The maximum Gasteiger partial charge on any atom is 0.100 e. The minimum Gasteiger partial charge on any atom is -0.396 e. The predicted octanol–water partition coefficient (Wildman–Crippen LogP) is 5.76. The average molecular weight is 394 g/mol. The SMILES string of the molecule is Nc1c(N=S)ccc2c(-c3ccc(Br)cc3)nc3ccccc3c12. The summed E-state index contributed by atoms with van der Waals surface area (Å²) in [6, 6.07) is 19.9. The molecule has 0 saturated heterocycles. The summed E-state index contributed by atoms with van der Waals surface area (Å²) < 4.78 is 4.90. The van der Waals surface area contributed by atoms with Crippen molar-refractivity contribution in [1.29, 1.82) is 0 Å². The minimum atomic E-state index is 0.597. The zero-order chi connectivity index (χ0) is 16.7. The van der Waals surface area contributed by atoms with Gasteiger partial charge in [-0.2, -0.15) is 4.36 Å². The quantitative estimate of drug-likeness (QED) is 0.347. The minimum absolute atomic E-state index is 0.597. The van der Waals surface area contributed by atoms with E-state index in [1.165, 1.54) is 0 Å². The van der Waals surface area contributed by atoms with E-state index >= 15 is 0 Å². The molecule has 0 unspecified atom stereocenters. The highest BCUT2D eigenvalue weighted by molar-refractivity contribution is 9.10. The van der Waals surface area contributed by atoms with Crippen LogP contribution in [0.15, 0.2) is 69.5 Å². The summed E-state index contributed by atoms with van der Waals surface area (Å²) >= 11 is 8.33. The van der Waals surface area contributed by atoms with Gasteiger partial charge in [-0.25, -0.2) is 4.98 Å². The number of anilines is 1. The number of benzene rings is 3. The van der Waals surface area contributed by atoms with Crippen molar-refractivity contribution >= 4 is 61.4 Å². The van der Waals surface area contributed by atoms with Gasteiger partial charge in [-0.1, -0.05) is 46.3 Å². The molecule has 4 aromatic rings. The maximum absolute atomic E-state index is 6.37. The zero-order valence-corrected chi connectivity index (χ0v) is 14.9. The van der Waals surface area contributed by atoms with Gasteiger partial charge in [0.2, 0.25) is 0 Å². The third kappa shape index (κ3) is 2.37. The first-order valence-corrected chi connectivity index (χ1v) is 8.55. The summed E-state index contributed by atoms with van der Waals surface area (Å²) in [4.78, 5) is 4.87. The largest absolute Gasteiger partial charge is 0.396 e. The molecule has 4 rings (SSSR count). The fourth-order valence-electron chi connectivity index (χ4n) is 2.97. The second kappa shape index (κ2) is 5.92. The van der Waals surface area contributed by atoms with Crippen LogP contribution in [0.4, 0.5) is 11.4 Å². The van der Waals surface area contributed by atoms with Gasteiger partial charge in [0.25, 0.3) is 0 Å². The summed E-state index contributed by atoms with van der Waals surface area (Å²) in [6.45, 7) is 0. The molecule has 0 spiro atoms. The molecule has 1 aromatic heterocycles. The number of hydrogen-bond donors (Lipinski definition) is 1. The van der Waals surface area contributed by atoms with Crippen LogP contribution < -0.4 is 5.73 Å². The lowest BCUT2D eigenvalue weighted by atomic mass is 9.98. The molecule has 0 aliphatic carbocycles. The highest BCUT2D eigenvalue weighted by atomic mass is 79.9. The second-order valence-corrected chi connectivity index (χ2v) is 6.59. The van der Waals surface area contributed by atoms with Crippen LogP contribution in [-0.4, -0.2) is 4.98 Å². The van der Waals surface area contributed by atoms with Crippen LogP contribution in [0.1, 0.15) is 0 Å². The fourth-order valence-corrected chi connectivity index (χ4v) is 3.39. The molecule has 0 bridgehead atoms. The van der Waals surface area contributed by atoms with Crippen molar-refractivity contribution < 1.29 is 0 Å². The van der Waals surface area contributed by atoms with E-state index in [0.29, 0.717) is 11.4 Å². The Morgan fingerprint density at radius 1 is 0.917 bits per heavy atom. The van der Waals surface area contributed by atoms with Gasteiger partial charge in [0.05, 0.1) is 16.9 Å². The molecule has 3 aromatic carbocycles. The van der Waals surface area contributed by atoms with Gasteiger partial charge in [-0.05, 0) is 30.3 Å². The fraction of sp³-hybridized carbons (Fsp3) is 0. The zero-order valence-electron chi connectivity index (χ0n) is 12.5. The van der Waals surface area contributed by atoms with Crippen LogP contribution >= 0.6 is 15.9 Å². The molecule has 24 heavy (non-hydrogen) atoms. The third-order valence-corrected chi connectivity index (χ3v) is 4.82. The highest BCUT2D eigenvalue weighted by Gasteiger charge is 2.14. The van der Waals surface area contributed by atoms with Gasteiger partial charge in [0.15, 0.2) is 0 Å². The molecule has 2 N–H and O–H groups in total. The number of halogens is 1. The highest BCUT2D eigenvalue weighted by Crippen LogP contribution is 2.39. The number of rotatable bonds is 2. The van der Waals surface area contributed by atoms with Gasteiger partial charge in [0.1, 0.15) is 5.69 Å². The first-order chi connectivity index (χ1) is 11.7. The van der Waals surface area contributed by atoms with E-state index in [1.54, 1.807) is 0 Å². The number of aromatic nitrogens is 1. The van der Waals surface area contributed by atoms with Crippen LogP contribution in [-0.2, 0) is 12.4 Å². The first kappa shape index (κ1) is 15.2. The van der Waals surface area contributed by atoms with Crippen molar-refractivity contribution in [2.24, 2.45) is 4.36 Å². The molecule has 0 radical (unpaired) electrons. The molecule has 0 amide bonds. The Morgan fingerprint density at radius 3 is 2.42 bits per heavy atom. The Bertz CT molecular complexity index is 1090. The second-order valence-electron chi connectivity index (χ2n) is 5.50. The van der Waals surface area contributed by atoms with Crippen molar-refractivity contribution in [3.05, 3.63) is 65.1 Å². The van der Waals surface area contributed by atoms with Crippen LogP contribution in [0.2, 0.25) is 0 Å². The molecule has 0 fully saturated rings. The Labute approximate surface area is 152 Å². The first-order valence-electron chi connectivity index (χ1n) is 7.39. The molecule has 1 heterocycles. The Morgan fingerprint density at radius 2 is 1.67 bits per heavy atom. The monoisotopic (exact) mass is 393 g/mol. The van der Waals surface area contributed by atoms with Crippen molar-refractivity contribution in [2.75, 3.05) is 5.73 Å². The Hall–Kier alpha value is -2.37. The van der Waals surface area contributed by atoms with E-state index < -0.39 is 0 Å². The smallest absolute Gasteiger partial charge is 0.100 e. The van der Waals surface area contributed by atoms with Gasteiger partial charge in [-0.3, -0.25) is 0 Å². The van der Waals surface area contributed by atoms with E-state index in [2.05, 4.69) is 20.3 Å². The standard InChI is InChI=1S/C19H12BrN3S/c20-12-7-5-11(6-8-12)19-14-9-10-16(23-24)18(21)17(14)13-3-1-2-4-15(13)22-19/h1-10H,21H2. The van der Waals surface area contributed by atoms with Crippen molar-refractivity contribution in [3.63, 3.8) is 0 Å². The lowest BCUT2D eigenvalue weighted by Gasteiger charge is -2.13. The van der Waals surface area contributed by atoms with Gasteiger partial charge in [0, 0.05) is 38.6 Å².